The van der Waals surface area contributed by atoms with Crippen molar-refractivity contribution in [3.8, 4) is 40.9 Å². The van der Waals surface area contributed by atoms with Crippen molar-refractivity contribution in [3.63, 3.8) is 0 Å². The number of ether oxygens (including phenoxy) is 5. The average molecular weight is 893 g/mol. The minimum Gasteiger partial charge on any atom is -0.491 e. The van der Waals surface area contributed by atoms with Gasteiger partial charge in [-0.3, -0.25) is 23.0 Å². The maximum atomic E-state index is 14.3. The minimum absolute atomic E-state index is 0.284. The molecule has 0 aliphatic heterocycles. The van der Waals surface area contributed by atoms with E-state index in [0.29, 0.717) is 0 Å². The molecule has 0 aliphatic carbocycles. The molecule has 0 atom stereocenters. The second-order valence-corrected chi connectivity index (χ2v) is 18.9. The van der Waals surface area contributed by atoms with Gasteiger partial charge in [-0.1, -0.05) is 23.7 Å². The number of benzene rings is 1. The maximum absolute atomic E-state index is 14.3. The van der Waals surface area contributed by atoms with Gasteiger partial charge in [0.05, 0.1) is 50.2 Å². The summed E-state index contributed by atoms with van der Waals surface area (Å²) < 4.78 is 127. The van der Waals surface area contributed by atoms with Crippen LogP contribution in [0.3, 0.4) is 0 Å². The van der Waals surface area contributed by atoms with Crippen LogP contribution in [0.2, 0.25) is 0 Å². The van der Waals surface area contributed by atoms with Crippen molar-refractivity contribution < 1.29 is 77.0 Å². The number of hydrogen-bond donors (Lipinski definition) is 5. The van der Waals surface area contributed by atoms with Gasteiger partial charge in [0, 0.05) is 12.4 Å². The third-order valence-electron chi connectivity index (χ3n) is 6.56. The molecule has 1 aromatic heterocycles. The molecule has 0 saturated heterocycles. The summed E-state index contributed by atoms with van der Waals surface area (Å²) in [4.78, 5) is 43.0. The van der Waals surface area contributed by atoms with Gasteiger partial charge in [0.15, 0.2) is 17.2 Å². The van der Waals surface area contributed by atoms with Crippen LogP contribution in [0.5, 0.6) is 17.2 Å². The predicted octanol–water partition coefficient (Wildman–Crippen LogP) is 2.29. The normalized spacial score (nSPS) is 11.9. The molecule has 328 valence electrons. The molecule has 0 bridgehead atoms. The van der Waals surface area contributed by atoms with Crippen molar-refractivity contribution in [1.82, 2.24) is 20.2 Å². The first-order chi connectivity index (χ1) is 27.2. The summed E-state index contributed by atoms with van der Waals surface area (Å²) in [6, 6.07) is 0. The lowest BCUT2D eigenvalue weighted by atomic mass is 9.99. The Balaban J connectivity index is 3.04. The molecule has 0 spiro atoms. The van der Waals surface area contributed by atoms with Crippen molar-refractivity contribution in [2.24, 2.45) is 0 Å². The summed E-state index contributed by atoms with van der Waals surface area (Å²) in [5.41, 5.74) is -2.76. The zero-order chi connectivity index (χ0) is 44.7. The molecule has 24 heteroatoms. The number of aromatic nitrogens is 2. The monoisotopic (exact) mass is 892 g/mol. The molecule has 0 saturated carbocycles. The van der Waals surface area contributed by atoms with Gasteiger partial charge in [-0.25, -0.2) is 14.6 Å². The zero-order valence-corrected chi connectivity index (χ0v) is 35.6. The molecule has 5 N–H and O–H groups in total. The summed E-state index contributed by atoms with van der Waals surface area (Å²) in [6.45, 7) is 7.58. The van der Waals surface area contributed by atoms with Crippen molar-refractivity contribution >= 4 is 48.4 Å². The molecule has 2 rings (SSSR count). The van der Waals surface area contributed by atoms with Crippen LogP contribution in [-0.2, 0) is 39.8 Å². The largest absolute Gasteiger partial charge is 0.491 e. The van der Waals surface area contributed by atoms with E-state index in [2.05, 4.69) is 39.3 Å². The molecular weight excluding hydrogens is 845 g/mol. The molecular formula is C35H48N4O17S3. The number of hydrogen-bond acceptors (Lipinski definition) is 15. The molecule has 0 aliphatic rings. The standard InChI is InChI=1S/C35H48N4O17S3/c1-34(2,3)55-32(41)37-14-7-12-25-28(52-18-9-21-57(43,44)45)26(13-8-15-38-33(42)56-35(4,5)6)30(54-20-11-23-59(49,50)51)27(31(40)39-17-16-36-24-39)29(25)53-19-10-22-58(46,47)48/h16-17,24H,9-11,14-15,18-23H2,1-6H3,(H,37,41)(H,38,42)(H,43,44,45)(H,46,47,48)(H,49,50,51). The number of alkyl carbamates (subject to hydrolysis) is 2. The number of rotatable bonds is 18. The van der Waals surface area contributed by atoms with Gasteiger partial charge in [0.1, 0.15) is 34.2 Å². The minimum atomic E-state index is -4.48. The highest BCUT2D eigenvalue weighted by Gasteiger charge is 2.32. The molecule has 21 nitrogen and oxygen atoms in total. The Hall–Kier alpha value is -5.11. The first-order valence-corrected chi connectivity index (χ1v) is 22.4. The second kappa shape index (κ2) is 21.8. The Labute approximate surface area is 343 Å². The summed E-state index contributed by atoms with van der Waals surface area (Å²) >= 11 is 0. The molecule has 0 unspecified atom stereocenters. The molecule has 59 heavy (non-hydrogen) atoms. The van der Waals surface area contributed by atoms with Gasteiger partial charge >= 0.3 is 12.2 Å². The summed E-state index contributed by atoms with van der Waals surface area (Å²) in [5, 5.41) is 4.86. The number of nitrogens with one attached hydrogen (secondary N) is 2. The van der Waals surface area contributed by atoms with Gasteiger partial charge < -0.3 is 34.3 Å². The van der Waals surface area contributed by atoms with E-state index < -0.39 is 114 Å². The van der Waals surface area contributed by atoms with Crippen molar-refractivity contribution in [1.29, 1.82) is 0 Å². The Kier molecular flexibility index (Phi) is 18.5. The Morgan fingerprint density at radius 2 is 1.03 bits per heavy atom. The van der Waals surface area contributed by atoms with Gasteiger partial charge in [-0.15, -0.1) is 0 Å². The summed E-state index contributed by atoms with van der Waals surface area (Å²) in [6.07, 6.45) is 0.944. The van der Waals surface area contributed by atoms with E-state index in [0.717, 1.165) is 10.9 Å². The van der Waals surface area contributed by atoms with Crippen LogP contribution in [0.4, 0.5) is 9.59 Å². The van der Waals surface area contributed by atoms with Gasteiger partial charge in [-0.05, 0) is 60.8 Å². The molecule has 0 fully saturated rings. The van der Waals surface area contributed by atoms with E-state index in [1.165, 1.54) is 12.4 Å². The zero-order valence-electron chi connectivity index (χ0n) is 33.2. The van der Waals surface area contributed by atoms with Crippen molar-refractivity contribution in [3.05, 3.63) is 35.4 Å². The lowest BCUT2D eigenvalue weighted by Crippen LogP contribution is -2.32. The molecule has 0 radical (unpaired) electrons. The van der Waals surface area contributed by atoms with E-state index in [-0.39, 0.29) is 49.2 Å². The number of carbonyl (C=O) groups is 3. The fourth-order valence-electron chi connectivity index (χ4n) is 4.42. The molecule has 2 aromatic rings. The van der Waals surface area contributed by atoms with Crippen LogP contribution in [0.1, 0.15) is 82.3 Å². The van der Waals surface area contributed by atoms with E-state index in [1.807, 2.05) is 0 Å². The summed E-state index contributed by atoms with van der Waals surface area (Å²) in [7, 11) is -13.4. The first-order valence-electron chi connectivity index (χ1n) is 17.6. The van der Waals surface area contributed by atoms with Crippen molar-refractivity contribution in [2.75, 3.05) is 50.2 Å². The quantitative estimate of drug-likeness (QED) is 0.0814. The van der Waals surface area contributed by atoms with E-state index in [9.17, 15) is 53.3 Å². The highest BCUT2D eigenvalue weighted by atomic mass is 32.2. The number of carbonyl (C=O) groups excluding carboxylic acids is 3. The number of nitrogens with zero attached hydrogens (tertiary/aromatic N) is 2. The smallest absolute Gasteiger partial charge is 0.408 e. The lowest BCUT2D eigenvalue weighted by Gasteiger charge is -2.22. The van der Waals surface area contributed by atoms with E-state index >= 15 is 0 Å². The van der Waals surface area contributed by atoms with Crippen molar-refractivity contribution in [2.45, 2.75) is 72.0 Å². The SMILES string of the molecule is CC(C)(C)OC(=O)NCC#Cc1c(OCCCS(=O)(=O)O)c(C#CCNC(=O)OC(C)(C)C)c(OCCCS(=O)(=O)O)c(C(=O)n2ccnc2)c1OCCCS(=O)(=O)O. The fourth-order valence-corrected chi connectivity index (χ4v) is 5.87. The predicted molar refractivity (Wildman–Crippen MR) is 210 cm³/mol. The highest BCUT2D eigenvalue weighted by molar-refractivity contribution is 7.86. The van der Waals surface area contributed by atoms with Crippen LogP contribution < -0.4 is 24.8 Å². The van der Waals surface area contributed by atoms with Crippen LogP contribution in [-0.4, -0.2) is 128 Å². The van der Waals surface area contributed by atoms with Crippen LogP contribution in [0.15, 0.2) is 18.7 Å². The number of amides is 2. The molecule has 1 heterocycles. The highest BCUT2D eigenvalue weighted by Crippen LogP contribution is 2.44. The Morgan fingerprint density at radius 1 is 0.661 bits per heavy atom. The lowest BCUT2D eigenvalue weighted by molar-refractivity contribution is 0.0523. The van der Waals surface area contributed by atoms with E-state index in [4.69, 9.17) is 23.7 Å². The summed E-state index contributed by atoms with van der Waals surface area (Å²) in [5.74, 6) is 6.37. The second-order valence-electron chi connectivity index (χ2n) is 14.2. The van der Waals surface area contributed by atoms with Crippen LogP contribution in [0, 0.1) is 23.7 Å². The Morgan fingerprint density at radius 3 is 1.36 bits per heavy atom. The number of imidazole rings is 1. The third-order valence-corrected chi connectivity index (χ3v) is 8.97. The van der Waals surface area contributed by atoms with Crippen LogP contribution >= 0.6 is 0 Å². The average Bonchev–Trinajstić information content (AvgIpc) is 3.60. The van der Waals surface area contributed by atoms with E-state index in [1.54, 1.807) is 41.5 Å². The molecule has 1 aromatic carbocycles. The van der Waals surface area contributed by atoms with Gasteiger partial charge in [0.2, 0.25) is 0 Å². The maximum Gasteiger partial charge on any atom is 0.408 e. The first kappa shape index (κ1) is 50.0. The fraction of sp³-hybridized carbons (Fsp3) is 0.543. The Bertz CT molecular complexity index is 2140. The van der Waals surface area contributed by atoms with Gasteiger partial charge in [0.25, 0.3) is 36.3 Å². The van der Waals surface area contributed by atoms with Gasteiger partial charge in [-0.2, -0.15) is 25.3 Å². The third kappa shape index (κ3) is 20.4. The topological polar surface area (TPSA) is 302 Å². The van der Waals surface area contributed by atoms with Crippen LogP contribution in [0.25, 0.3) is 0 Å². The molecule has 2 amide bonds.